The van der Waals surface area contributed by atoms with Gasteiger partial charge in [0, 0.05) is 0 Å². The quantitative estimate of drug-likeness (QED) is 0.425. The number of thiocarbonyl (C=S) groups is 1. The van der Waals surface area contributed by atoms with Crippen molar-refractivity contribution < 1.29 is 4.74 Å². The molecule has 0 saturated heterocycles. The second-order valence-corrected chi connectivity index (χ2v) is 5.72. The summed E-state index contributed by atoms with van der Waals surface area (Å²) in [5.41, 5.74) is 9.98. The van der Waals surface area contributed by atoms with Crippen LogP contribution in [0, 0.1) is 0 Å². The molecule has 4 nitrogen and oxygen atoms in total. The van der Waals surface area contributed by atoms with Gasteiger partial charge in [-0.1, -0.05) is 48.5 Å². The van der Waals surface area contributed by atoms with Crippen molar-refractivity contribution in [3.05, 3.63) is 77.9 Å². The van der Waals surface area contributed by atoms with Gasteiger partial charge in [-0.3, -0.25) is 5.43 Å². The summed E-state index contributed by atoms with van der Waals surface area (Å²) in [7, 11) is 0. The molecule has 0 bridgehead atoms. The molecule has 5 heteroatoms. The van der Waals surface area contributed by atoms with E-state index in [4.69, 9.17) is 22.7 Å². The van der Waals surface area contributed by atoms with E-state index < -0.39 is 0 Å². The number of hydrogen-bond acceptors (Lipinski definition) is 3. The maximum atomic E-state index is 5.86. The fourth-order valence-corrected chi connectivity index (χ4v) is 2.38. The van der Waals surface area contributed by atoms with Gasteiger partial charge in [0.1, 0.15) is 12.4 Å². The number of hydrazone groups is 1. The van der Waals surface area contributed by atoms with Gasteiger partial charge in [0.15, 0.2) is 5.11 Å². The molecule has 0 saturated carbocycles. The molecule has 3 aromatic rings. The van der Waals surface area contributed by atoms with Crippen LogP contribution in [-0.4, -0.2) is 11.3 Å². The summed E-state index contributed by atoms with van der Waals surface area (Å²) in [6, 6.07) is 22.2. The predicted molar refractivity (Wildman–Crippen MR) is 102 cm³/mol. The van der Waals surface area contributed by atoms with Crippen molar-refractivity contribution in [2.75, 3.05) is 0 Å². The first-order valence-corrected chi connectivity index (χ1v) is 7.90. The first kappa shape index (κ1) is 16.0. The lowest BCUT2D eigenvalue weighted by Gasteiger charge is -2.08. The molecule has 0 atom stereocenters. The minimum atomic E-state index is 0.146. The molecule has 0 aliphatic rings. The van der Waals surface area contributed by atoms with Gasteiger partial charge < -0.3 is 10.5 Å². The number of hydrogen-bond donors (Lipinski definition) is 2. The Kier molecular flexibility index (Phi) is 5.03. The maximum absolute atomic E-state index is 5.86. The average molecular weight is 335 g/mol. The highest BCUT2D eigenvalue weighted by Gasteiger charge is 2.00. The second kappa shape index (κ2) is 7.57. The fraction of sp³-hybridized carbons (Fsp3) is 0.0526. The van der Waals surface area contributed by atoms with Crippen molar-refractivity contribution in [3.63, 3.8) is 0 Å². The van der Waals surface area contributed by atoms with Gasteiger partial charge in [0.2, 0.25) is 0 Å². The molecule has 0 aliphatic carbocycles. The van der Waals surface area contributed by atoms with Crippen molar-refractivity contribution in [1.82, 2.24) is 5.43 Å². The molecule has 0 amide bonds. The summed E-state index contributed by atoms with van der Waals surface area (Å²) in [5, 5.41) is 6.33. The van der Waals surface area contributed by atoms with Crippen molar-refractivity contribution in [2.24, 2.45) is 10.8 Å². The van der Waals surface area contributed by atoms with E-state index in [0.29, 0.717) is 6.61 Å². The average Bonchev–Trinajstić information content (AvgIpc) is 2.60. The highest BCUT2D eigenvalue weighted by Crippen LogP contribution is 2.22. The van der Waals surface area contributed by atoms with Gasteiger partial charge in [-0.15, -0.1) is 0 Å². The van der Waals surface area contributed by atoms with Crippen LogP contribution in [0.25, 0.3) is 10.8 Å². The molecule has 0 aromatic heterocycles. The fourth-order valence-electron chi connectivity index (χ4n) is 2.32. The van der Waals surface area contributed by atoms with Crippen molar-refractivity contribution >= 4 is 34.3 Å². The monoisotopic (exact) mass is 335 g/mol. The summed E-state index contributed by atoms with van der Waals surface area (Å²) >= 11 is 4.70. The Bertz CT molecular complexity index is 878. The Balaban J connectivity index is 1.72. The SMILES string of the molecule is NC(=S)N/N=C/c1ccc2cc(OCc3ccccc3)ccc2c1. The van der Waals surface area contributed by atoms with E-state index in [1.165, 1.54) is 0 Å². The number of nitrogens with zero attached hydrogens (tertiary/aromatic N) is 1. The highest BCUT2D eigenvalue weighted by molar-refractivity contribution is 7.80. The number of nitrogens with one attached hydrogen (secondary N) is 1. The molecule has 3 N–H and O–H groups in total. The van der Waals surface area contributed by atoms with Gasteiger partial charge >= 0.3 is 0 Å². The topological polar surface area (TPSA) is 59.6 Å². The molecule has 120 valence electrons. The molecular formula is C19H17N3OS. The molecule has 3 aromatic carbocycles. The third-order valence-electron chi connectivity index (χ3n) is 3.47. The Labute approximate surface area is 145 Å². The lowest BCUT2D eigenvalue weighted by Crippen LogP contribution is -2.23. The Morgan fingerprint density at radius 1 is 1.04 bits per heavy atom. The van der Waals surface area contributed by atoms with Gasteiger partial charge in [-0.25, -0.2) is 0 Å². The zero-order valence-electron chi connectivity index (χ0n) is 13.0. The zero-order valence-corrected chi connectivity index (χ0v) is 13.8. The maximum Gasteiger partial charge on any atom is 0.184 e. The third kappa shape index (κ3) is 4.30. The number of ether oxygens (including phenoxy) is 1. The Hall–Kier alpha value is -2.92. The van der Waals surface area contributed by atoms with Gasteiger partial charge in [0.05, 0.1) is 6.21 Å². The summed E-state index contributed by atoms with van der Waals surface area (Å²) in [5.74, 6) is 0.850. The minimum absolute atomic E-state index is 0.146. The molecule has 24 heavy (non-hydrogen) atoms. The molecule has 0 radical (unpaired) electrons. The van der Waals surface area contributed by atoms with Gasteiger partial charge in [0.25, 0.3) is 0 Å². The number of rotatable bonds is 5. The summed E-state index contributed by atoms with van der Waals surface area (Å²) in [6.45, 7) is 0.557. The molecule has 0 spiro atoms. The normalized spacial score (nSPS) is 10.8. The van der Waals surface area contributed by atoms with Gasteiger partial charge in [-0.05, 0) is 52.3 Å². The molecule has 3 rings (SSSR count). The zero-order chi connectivity index (χ0) is 16.8. The van der Waals surface area contributed by atoms with E-state index in [1.54, 1.807) is 6.21 Å². The van der Waals surface area contributed by atoms with Crippen LogP contribution in [-0.2, 0) is 6.61 Å². The minimum Gasteiger partial charge on any atom is -0.489 e. The third-order valence-corrected chi connectivity index (χ3v) is 3.56. The molecule has 0 unspecified atom stereocenters. The van der Waals surface area contributed by atoms with Crippen LogP contribution >= 0.6 is 12.2 Å². The first-order chi connectivity index (χ1) is 11.7. The van der Waals surface area contributed by atoms with E-state index >= 15 is 0 Å². The van der Waals surface area contributed by atoms with E-state index in [9.17, 15) is 0 Å². The van der Waals surface area contributed by atoms with E-state index in [1.807, 2.05) is 66.7 Å². The van der Waals surface area contributed by atoms with Gasteiger partial charge in [-0.2, -0.15) is 5.10 Å². The van der Waals surface area contributed by atoms with Crippen LogP contribution in [0.15, 0.2) is 71.8 Å². The summed E-state index contributed by atoms with van der Waals surface area (Å²) in [6.07, 6.45) is 1.68. The lowest BCUT2D eigenvalue weighted by molar-refractivity contribution is 0.306. The van der Waals surface area contributed by atoms with Crippen molar-refractivity contribution in [2.45, 2.75) is 6.61 Å². The van der Waals surface area contributed by atoms with Crippen LogP contribution in [0.3, 0.4) is 0 Å². The van der Waals surface area contributed by atoms with Crippen LogP contribution in [0.4, 0.5) is 0 Å². The van der Waals surface area contributed by atoms with Crippen LogP contribution in [0.1, 0.15) is 11.1 Å². The van der Waals surface area contributed by atoms with E-state index in [-0.39, 0.29) is 5.11 Å². The molecular weight excluding hydrogens is 318 g/mol. The number of fused-ring (bicyclic) bond motifs is 1. The lowest BCUT2D eigenvalue weighted by atomic mass is 10.1. The van der Waals surface area contributed by atoms with Crippen LogP contribution < -0.4 is 15.9 Å². The first-order valence-electron chi connectivity index (χ1n) is 7.50. The smallest absolute Gasteiger partial charge is 0.184 e. The van der Waals surface area contributed by atoms with E-state index in [2.05, 4.69) is 10.5 Å². The predicted octanol–water partition coefficient (Wildman–Crippen LogP) is 3.59. The van der Waals surface area contributed by atoms with Crippen LogP contribution in [0.2, 0.25) is 0 Å². The Morgan fingerprint density at radius 2 is 1.79 bits per heavy atom. The van der Waals surface area contributed by atoms with Crippen molar-refractivity contribution in [1.29, 1.82) is 0 Å². The Morgan fingerprint density at radius 3 is 2.58 bits per heavy atom. The molecule has 0 aliphatic heterocycles. The second-order valence-electron chi connectivity index (χ2n) is 5.28. The number of benzene rings is 3. The molecule has 0 fully saturated rings. The summed E-state index contributed by atoms with van der Waals surface area (Å²) in [4.78, 5) is 0. The standard InChI is InChI=1S/C19H17N3OS/c20-19(24)22-21-12-15-6-7-17-11-18(9-8-16(17)10-15)23-13-14-4-2-1-3-5-14/h1-12H,13H2,(H3,20,22,24)/b21-12+. The van der Waals surface area contributed by atoms with E-state index in [0.717, 1.165) is 27.6 Å². The van der Waals surface area contributed by atoms with Crippen molar-refractivity contribution in [3.8, 4) is 5.75 Å². The largest absolute Gasteiger partial charge is 0.489 e. The number of nitrogens with two attached hydrogens (primary N) is 1. The molecule has 0 heterocycles. The highest BCUT2D eigenvalue weighted by atomic mass is 32.1. The van der Waals surface area contributed by atoms with Crippen LogP contribution in [0.5, 0.6) is 5.75 Å². The summed E-state index contributed by atoms with van der Waals surface area (Å²) < 4.78 is 5.86.